The van der Waals surface area contributed by atoms with E-state index in [0.717, 1.165) is 5.56 Å². The highest BCUT2D eigenvalue weighted by atomic mass is 16.4. The summed E-state index contributed by atoms with van der Waals surface area (Å²) in [6, 6.07) is -5.40. The quantitative estimate of drug-likeness (QED) is 0.120. The van der Waals surface area contributed by atoms with Crippen molar-refractivity contribution in [2.75, 3.05) is 0 Å². The molecule has 0 radical (unpaired) electrons. The smallest absolute Gasteiger partial charge is 0.335 e. The predicted octanol–water partition coefficient (Wildman–Crippen LogP) is 10.3. The van der Waals surface area contributed by atoms with Gasteiger partial charge in [0.1, 0.15) is 9.90 Å². The predicted molar refractivity (Wildman–Crippen MR) is 238 cm³/mol. The lowest BCUT2D eigenvalue weighted by Crippen LogP contribution is -2.29. The van der Waals surface area contributed by atoms with Gasteiger partial charge in [-0.05, 0) is 60.5 Å². The zero-order valence-electron chi connectivity index (χ0n) is 64.9. The Balaban J connectivity index is -0.000000980. The lowest BCUT2D eigenvalue weighted by atomic mass is 10.2. The maximum absolute atomic E-state index is 10.6. The van der Waals surface area contributed by atoms with Crippen LogP contribution in [0.3, 0.4) is 0 Å². The molecule has 0 saturated heterocycles. The van der Waals surface area contributed by atoms with Crippen LogP contribution in [0, 0.1) is 37.0 Å². The molecule has 0 unspecified atom stereocenters. The van der Waals surface area contributed by atoms with E-state index in [1.165, 1.54) is 5.32 Å². The topological polar surface area (TPSA) is 93.6 Å². The second-order valence-corrected chi connectivity index (χ2v) is 10.6. The average Bonchev–Trinajstić information content (AvgIpc) is 1.07. The van der Waals surface area contributed by atoms with E-state index in [1.54, 1.807) is 39.4 Å². The summed E-state index contributed by atoms with van der Waals surface area (Å²) >= 11 is 0. The summed E-state index contributed by atoms with van der Waals surface area (Å²) in [6.45, 7) is 0.601. The van der Waals surface area contributed by atoms with Gasteiger partial charge in [0, 0.05) is 74.8 Å². The number of phenolic OH excluding ortho intramolecular Hbond substituents is 1. The van der Waals surface area contributed by atoms with Crippen LogP contribution < -0.4 is 15.9 Å². The molecular formula is C49H69N3O3. The second kappa shape index (κ2) is 35.7. The molecule has 0 fully saturated rings. The normalized spacial score (nSPS) is 19.5. The number of benzene rings is 4. The second-order valence-electron chi connectivity index (χ2n) is 10.6. The number of nitrogens with one attached hydrogen (secondary N) is 3. The van der Waals surface area contributed by atoms with Crippen molar-refractivity contribution in [3.63, 3.8) is 0 Å². The third-order valence-corrected chi connectivity index (χ3v) is 4.36. The van der Waals surface area contributed by atoms with E-state index in [2.05, 4.69) is 29.5 Å². The lowest BCUT2D eigenvalue weighted by Gasteiger charge is -2.10. The molecule has 4 aromatic rings. The Morgan fingerprint density at radius 3 is 1.36 bits per heavy atom. The fourth-order valence-corrected chi connectivity index (χ4v) is 2.79. The van der Waals surface area contributed by atoms with Crippen LogP contribution in [0.4, 0.5) is 0 Å². The van der Waals surface area contributed by atoms with Crippen molar-refractivity contribution in [2.45, 2.75) is 119 Å². The van der Waals surface area contributed by atoms with Crippen LogP contribution in [0.5, 0.6) is 5.75 Å². The average molecular weight is 781 g/mol. The summed E-state index contributed by atoms with van der Waals surface area (Å²) in [5.41, 5.74) is -0.0673. The summed E-state index contributed by atoms with van der Waals surface area (Å²) in [4.78, 5) is 10.6. The van der Waals surface area contributed by atoms with Crippen LogP contribution >= 0.6 is 0 Å². The molecule has 0 saturated carbocycles. The Hall–Kier alpha value is -5.29. The largest absolute Gasteiger partial charge is 0.508 e. The molecule has 0 heterocycles. The van der Waals surface area contributed by atoms with E-state index in [9.17, 15) is 4.79 Å². The molecule has 6 nitrogen and oxygen atoms in total. The Bertz CT molecular complexity index is 2960. The van der Waals surface area contributed by atoms with Gasteiger partial charge in [-0.15, -0.1) is 19.2 Å². The number of hydrogen-bond acceptors (Lipinski definition) is 5. The van der Waals surface area contributed by atoms with Gasteiger partial charge in [0.05, 0.1) is 24.8 Å². The molecule has 5 N–H and O–H groups in total. The Morgan fingerprint density at radius 1 is 0.655 bits per heavy atom. The first-order chi connectivity index (χ1) is 39.3. The molecule has 0 amide bonds. The van der Waals surface area contributed by atoms with Crippen LogP contribution in [0.2, 0.25) is 1.41 Å². The van der Waals surface area contributed by atoms with Crippen LogP contribution in [-0.2, 0) is 0 Å². The third kappa shape index (κ3) is 41.3. The van der Waals surface area contributed by atoms with Crippen LogP contribution in [0.1, 0.15) is 154 Å². The van der Waals surface area contributed by atoms with Gasteiger partial charge in [-0.3, -0.25) is 0 Å². The molecule has 4 aromatic carbocycles. The first kappa shape index (κ1) is 18.6. The van der Waals surface area contributed by atoms with Crippen molar-refractivity contribution in [1.29, 1.82) is 0 Å². The number of carboxylic acid groups (broad SMARTS) is 1. The monoisotopic (exact) mass is 781 g/mol. The zero-order chi connectivity index (χ0) is 70.8. The van der Waals surface area contributed by atoms with E-state index in [1.807, 2.05) is 58.0 Å². The highest BCUT2D eigenvalue weighted by molar-refractivity contribution is 5.87. The van der Waals surface area contributed by atoms with E-state index in [4.69, 9.17) is 61.9 Å². The molecule has 6 heteroatoms. The van der Waals surface area contributed by atoms with Crippen LogP contribution in [-0.4, -0.2) is 52.3 Å². The number of hydrogen-bond donors (Lipinski definition) is 5. The number of aromatic hydroxyl groups is 1. The molecule has 0 atom stereocenters. The number of terminal acetylenes is 3. The van der Waals surface area contributed by atoms with E-state index >= 15 is 0 Å². The zero-order valence-corrected chi connectivity index (χ0v) is 31.9. The minimum absolute atomic E-state index is 0.0917. The van der Waals surface area contributed by atoms with Gasteiger partial charge in [0.25, 0.3) is 0 Å². The molecule has 0 aliphatic rings. The standard InChI is InChI=1S/3C8H6.C7H6O3.3C6H15N/c3*1-2-8-6-4-3-5-7-8;8-6-3-1-5(2-4-6)7(9)10;3*1-5(2)7-6(3)4/h3*1,3-7H;1-4,8H,(H,9,10);3*5-7H,1-4H3/i1D,3D,4D,5D,6D,7D;3D,4D,5D,6D,7D;1D;1D,2D,3D,4D;1D3,2D3,3D3,4D3,5D,6D;5D,6D;/hD. The maximum atomic E-state index is 10.6. The molecule has 0 aliphatic heterocycles. The molecular weight excluding hydrogens is 679 g/mol. The van der Waals surface area contributed by atoms with Crippen molar-refractivity contribution in [3.8, 4) is 42.7 Å². The summed E-state index contributed by atoms with van der Waals surface area (Å²) in [5.74, 6) is 4.47. The number of aromatic carboxylic acids is 1. The highest BCUT2D eigenvalue weighted by Crippen LogP contribution is 2.08. The maximum Gasteiger partial charge on any atom is 0.335 e. The fraction of sp³-hybridized carbons (Fsp3) is 0.367. The lowest BCUT2D eigenvalue weighted by molar-refractivity contribution is 0.0697. The van der Waals surface area contributed by atoms with Gasteiger partial charge in [0.2, 0.25) is 0 Å². The molecule has 0 aliphatic carbocycles. The highest BCUT2D eigenvalue weighted by Gasteiger charge is 1.99. The summed E-state index contributed by atoms with van der Waals surface area (Å²) in [5, 5.41) is 23.3. The summed E-state index contributed by atoms with van der Waals surface area (Å²) in [6.07, 6.45) is 8.88. The van der Waals surface area contributed by atoms with Gasteiger partial charge in [-0.1, -0.05) is 155 Å². The number of carbonyl (C=O) groups is 1. The summed E-state index contributed by atoms with van der Waals surface area (Å²) in [7, 11) is 0. The SMILES string of the molecule is [2H]C#Cc1c([2H])c([2H])c([2H])c([2H])c1[2H].[2H]C#Cc1ccccc1.[2H]C(C)(C)NC([2H])(C)C.[2H]C([2H])([2H])C([2H])(NC([2H])(C([2H])([2H])[2H])C([2H])([2H])[2H])C([2H])([2H])[2H].[2H]N(C(C)C)C(C)C.[2H]c1c([2H])c(C(=O)O)c([2H])c([2H])c1O.[2H]c1c([2H])c([2H])c(C#C)c([2H])c1[2H]. The Kier molecular flexibility index (Phi) is 12.1. The van der Waals surface area contributed by atoms with Gasteiger partial charge in [-0.25, -0.2) is 4.79 Å². The van der Waals surface area contributed by atoms with Gasteiger partial charge < -0.3 is 26.2 Å². The number of rotatable bonds is 7. The van der Waals surface area contributed by atoms with Crippen molar-refractivity contribution in [2.24, 2.45) is 0 Å². The van der Waals surface area contributed by atoms with Crippen molar-refractivity contribution >= 4 is 5.97 Å². The minimum atomic E-state index is -3.63. The third-order valence-electron chi connectivity index (χ3n) is 4.36. The van der Waals surface area contributed by atoms with Crippen molar-refractivity contribution < 1.29 is 60.3 Å². The first-order valence-electron chi connectivity index (χ1n) is 32.1. The molecule has 298 valence electrons. The van der Waals surface area contributed by atoms with Crippen LogP contribution in [0.15, 0.2) is 115 Å². The van der Waals surface area contributed by atoms with Crippen molar-refractivity contribution in [3.05, 3.63) is 137 Å². The molecule has 55 heavy (non-hydrogen) atoms. The van der Waals surface area contributed by atoms with Crippen molar-refractivity contribution in [1.82, 2.24) is 15.9 Å². The first-order valence-corrected chi connectivity index (χ1v) is 15.7. The Morgan fingerprint density at radius 2 is 1.05 bits per heavy atom. The Labute approximate surface area is 382 Å². The van der Waals surface area contributed by atoms with E-state index in [-0.39, 0.29) is 35.3 Å². The van der Waals surface area contributed by atoms with Gasteiger partial charge in [-0.2, -0.15) is 0 Å². The number of carboxylic acids is 1. The molecule has 4 rings (SSSR count). The van der Waals surface area contributed by atoms with E-state index < -0.39 is 129 Å². The summed E-state index contributed by atoms with van der Waals surface area (Å²) < 4.78 is 237. The molecule has 0 bridgehead atoms. The van der Waals surface area contributed by atoms with Gasteiger partial charge in [0.15, 0.2) is 0 Å². The van der Waals surface area contributed by atoms with Gasteiger partial charge >= 0.3 is 5.97 Å². The molecule has 0 spiro atoms. The molecule has 0 aromatic heterocycles. The minimum Gasteiger partial charge on any atom is -0.508 e. The van der Waals surface area contributed by atoms with Crippen LogP contribution in [0.25, 0.3) is 0 Å². The van der Waals surface area contributed by atoms with E-state index in [0.29, 0.717) is 12.1 Å². The fourth-order valence-electron chi connectivity index (χ4n) is 2.79. The number of phenols is 1.